The number of rotatable bonds is 10. The topological polar surface area (TPSA) is 79.3 Å². The maximum Gasteiger partial charge on any atom is 0.416 e. The van der Waals surface area contributed by atoms with E-state index >= 15 is 0 Å². The Bertz CT molecular complexity index is 1590. The highest BCUT2D eigenvalue weighted by Crippen LogP contribution is 2.66. The Hall–Kier alpha value is -3.37. The van der Waals surface area contributed by atoms with Crippen LogP contribution in [0.15, 0.2) is 42.5 Å². The first kappa shape index (κ1) is 32.2. The van der Waals surface area contributed by atoms with Crippen molar-refractivity contribution in [3.63, 3.8) is 0 Å². The third-order valence-corrected chi connectivity index (χ3v) is 11.3. The van der Waals surface area contributed by atoms with Crippen LogP contribution in [0.3, 0.4) is 0 Å². The number of carbonyl (C=O) groups is 2. The van der Waals surface area contributed by atoms with Crippen molar-refractivity contribution in [3.05, 3.63) is 64.7 Å². The third-order valence-electron chi connectivity index (χ3n) is 11.3. The highest BCUT2D eigenvalue weighted by atomic mass is 19.4. The van der Waals surface area contributed by atoms with Crippen LogP contribution in [0.4, 0.5) is 13.2 Å². The first-order chi connectivity index (χ1) is 22.5. The largest absolute Gasteiger partial charge is 0.483 e. The fourth-order valence-corrected chi connectivity index (χ4v) is 9.05. The first-order valence-corrected chi connectivity index (χ1v) is 17.1. The summed E-state index contributed by atoms with van der Waals surface area (Å²) in [5.74, 6) is 0.714. The van der Waals surface area contributed by atoms with Crippen LogP contribution in [-0.2, 0) is 27.6 Å². The zero-order chi connectivity index (χ0) is 33.1. The molecule has 5 atom stereocenters. The number of ether oxygens (including phenoxy) is 2. The van der Waals surface area contributed by atoms with Gasteiger partial charge in [-0.05, 0) is 92.8 Å². The SMILES string of the molecule is CCCCCN(C(=O)C=Cc1cccc(C(F)(F)F)c1)[C@H]1CC[C@@]2(O)[C@H]3Cc4ccc(OC(C)=O)c5c4[C@@]2(CCN3CC2CC2)[C@H]1O5. The van der Waals surface area contributed by atoms with Gasteiger partial charge in [-0.2, -0.15) is 13.2 Å². The number of hydrogen-bond donors (Lipinski definition) is 1. The van der Waals surface area contributed by atoms with Gasteiger partial charge in [0.2, 0.25) is 5.91 Å². The lowest BCUT2D eigenvalue weighted by atomic mass is 9.48. The predicted octanol–water partition coefficient (Wildman–Crippen LogP) is 6.30. The molecule has 0 aromatic heterocycles. The molecule has 0 unspecified atom stereocenters. The molecule has 47 heavy (non-hydrogen) atoms. The summed E-state index contributed by atoms with van der Waals surface area (Å²) in [6.45, 7) is 5.66. The van der Waals surface area contributed by atoms with E-state index in [1.165, 1.54) is 38.0 Å². The maximum atomic E-state index is 14.1. The monoisotopic (exact) mass is 652 g/mol. The van der Waals surface area contributed by atoms with Gasteiger partial charge < -0.3 is 19.5 Å². The van der Waals surface area contributed by atoms with Gasteiger partial charge in [-0.15, -0.1) is 0 Å². The normalized spacial score (nSPS) is 29.4. The number of unbranched alkanes of at least 4 members (excludes halogenated alkanes) is 2. The van der Waals surface area contributed by atoms with Crippen LogP contribution in [0.1, 0.15) is 87.5 Å². The molecule has 1 N–H and O–H groups in total. The van der Waals surface area contributed by atoms with Crippen LogP contribution < -0.4 is 9.47 Å². The fourth-order valence-electron chi connectivity index (χ4n) is 9.05. The van der Waals surface area contributed by atoms with E-state index in [1.54, 1.807) is 12.1 Å². The molecule has 10 heteroatoms. The van der Waals surface area contributed by atoms with Gasteiger partial charge in [-0.3, -0.25) is 14.5 Å². The van der Waals surface area contributed by atoms with Crippen molar-refractivity contribution in [2.24, 2.45) is 5.92 Å². The van der Waals surface area contributed by atoms with Crippen LogP contribution in [0.25, 0.3) is 6.08 Å². The molecule has 2 saturated carbocycles. The van der Waals surface area contributed by atoms with E-state index in [-0.39, 0.29) is 17.5 Å². The Balaban J connectivity index is 1.27. The quantitative estimate of drug-likeness (QED) is 0.141. The zero-order valence-corrected chi connectivity index (χ0v) is 27.0. The lowest BCUT2D eigenvalue weighted by Crippen LogP contribution is -2.78. The van der Waals surface area contributed by atoms with Gasteiger partial charge in [0.25, 0.3) is 0 Å². The summed E-state index contributed by atoms with van der Waals surface area (Å²) in [5.41, 5.74) is -0.377. The lowest BCUT2D eigenvalue weighted by Gasteiger charge is -2.65. The van der Waals surface area contributed by atoms with Crippen LogP contribution in [0.5, 0.6) is 11.5 Å². The summed E-state index contributed by atoms with van der Waals surface area (Å²) in [4.78, 5) is 30.5. The molecule has 2 aliphatic heterocycles. The molecule has 7 nitrogen and oxygen atoms in total. The number of esters is 1. The molecule has 0 radical (unpaired) electrons. The Morgan fingerprint density at radius 3 is 2.68 bits per heavy atom. The molecule has 7 rings (SSSR count). The molecule has 2 aromatic carbocycles. The summed E-state index contributed by atoms with van der Waals surface area (Å²) in [5, 5.41) is 12.9. The molecule has 252 valence electrons. The molecule has 2 bridgehead atoms. The number of benzene rings is 2. The summed E-state index contributed by atoms with van der Waals surface area (Å²) in [6.07, 6.45) is 5.11. The summed E-state index contributed by atoms with van der Waals surface area (Å²) in [7, 11) is 0. The molecule has 3 aliphatic carbocycles. The van der Waals surface area contributed by atoms with Gasteiger partial charge >= 0.3 is 12.1 Å². The zero-order valence-electron chi connectivity index (χ0n) is 27.0. The van der Waals surface area contributed by atoms with Gasteiger partial charge in [0, 0.05) is 37.7 Å². The molecule has 1 saturated heterocycles. The molecule has 2 heterocycles. The van der Waals surface area contributed by atoms with Crippen molar-refractivity contribution in [1.82, 2.24) is 9.80 Å². The number of amides is 1. The van der Waals surface area contributed by atoms with E-state index in [0.29, 0.717) is 49.6 Å². The Morgan fingerprint density at radius 2 is 1.96 bits per heavy atom. The molecular weight excluding hydrogens is 609 g/mol. The van der Waals surface area contributed by atoms with Gasteiger partial charge in [-0.1, -0.05) is 38.0 Å². The molecule has 3 fully saturated rings. The maximum absolute atomic E-state index is 14.1. The van der Waals surface area contributed by atoms with Crippen molar-refractivity contribution in [1.29, 1.82) is 0 Å². The lowest BCUT2D eigenvalue weighted by molar-refractivity contribution is -0.201. The van der Waals surface area contributed by atoms with Crippen molar-refractivity contribution >= 4 is 18.0 Å². The number of likely N-dealkylation sites (tertiary alicyclic amines) is 1. The molecule has 1 spiro atoms. The number of piperidine rings is 1. The van der Waals surface area contributed by atoms with Crippen LogP contribution in [-0.4, -0.2) is 70.2 Å². The second kappa shape index (κ2) is 11.9. The first-order valence-electron chi connectivity index (χ1n) is 17.1. The van der Waals surface area contributed by atoms with Crippen LogP contribution in [0, 0.1) is 5.92 Å². The number of aliphatic hydroxyl groups is 1. The van der Waals surface area contributed by atoms with E-state index in [1.807, 2.05) is 11.0 Å². The van der Waals surface area contributed by atoms with E-state index in [4.69, 9.17) is 9.47 Å². The molecule has 5 aliphatic rings. The smallest absolute Gasteiger partial charge is 0.416 e. The fraction of sp³-hybridized carbons (Fsp3) is 0.568. The third kappa shape index (κ3) is 5.45. The Kier molecular flexibility index (Phi) is 8.18. The average Bonchev–Trinajstić information content (AvgIpc) is 3.77. The van der Waals surface area contributed by atoms with Crippen molar-refractivity contribution in [2.75, 3.05) is 19.6 Å². The van der Waals surface area contributed by atoms with Crippen LogP contribution >= 0.6 is 0 Å². The summed E-state index contributed by atoms with van der Waals surface area (Å²) >= 11 is 0. The van der Waals surface area contributed by atoms with Crippen molar-refractivity contribution in [2.45, 2.75) is 107 Å². The minimum absolute atomic E-state index is 0.0908. The van der Waals surface area contributed by atoms with E-state index < -0.39 is 40.9 Å². The highest BCUT2D eigenvalue weighted by molar-refractivity contribution is 5.92. The van der Waals surface area contributed by atoms with Gasteiger partial charge in [0.1, 0.15) is 6.10 Å². The van der Waals surface area contributed by atoms with Gasteiger partial charge in [0.15, 0.2) is 11.5 Å². The summed E-state index contributed by atoms with van der Waals surface area (Å²) in [6, 6.07) is 8.24. The van der Waals surface area contributed by atoms with Crippen molar-refractivity contribution in [3.8, 4) is 11.5 Å². The Morgan fingerprint density at radius 1 is 1.15 bits per heavy atom. The number of nitrogens with zero attached hydrogens (tertiary/aromatic N) is 2. The summed E-state index contributed by atoms with van der Waals surface area (Å²) < 4.78 is 52.6. The van der Waals surface area contributed by atoms with Gasteiger partial charge in [0.05, 0.1) is 22.6 Å². The minimum atomic E-state index is -4.48. The molecular formula is C37H43F3N2O5. The number of hydrogen-bond acceptors (Lipinski definition) is 6. The van der Waals surface area contributed by atoms with E-state index in [2.05, 4.69) is 11.8 Å². The predicted molar refractivity (Wildman–Crippen MR) is 170 cm³/mol. The standard InChI is InChI=1S/C37H43F3N2O5/c1-3-4-5-18-42(31(44)14-11-24-7-6-8-27(20-24)37(38,39)40)28-15-16-36(45)30-21-26-12-13-29(46-23(2)43)33-32(26)35(36,34(28)47-33)17-19-41(30)22-25-9-10-25/h6-8,11-14,20,25,28,30,34,45H,3-5,9-10,15-19,21-22H2,1-2H3/t28-,30+,34-,35-,36+/m0/s1. The Labute approximate surface area is 273 Å². The van der Waals surface area contributed by atoms with E-state index in [0.717, 1.165) is 55.6 Å². The van der Waals surface area contributed by atoms with Crippen molar-refractivity contribution < 1.29 is 37.3 Å². The average molecular weight is 653 g/mol. The number of carbonyl (C=O) groups excluding carboxylic acids is 2. The second-order valence-corrected chi connectivity index (χ2v) is 14.2. The van der Waals surface area contributed by atoms with Gasteiger partial charge in [-0.25, -0.2) is 0 Å². The highest BCUT2D eigenvalue weighted by Gasteiger charge is 2.73. The van der Waals surface area contributed by atoms with Crippen LogP contribution in [0.2, 0.25) is 0 Å². The molecule has 1 amide bonds. The molecule has 2 aromatic rings. The minimum Gasteiger partial charge on any atom is -0.483 e. The van der Waals surface area contributed by atoms with E-state index in [9.17, 15) is 27.9 Å². The number of alkyl halides is 3. The number of halogens is 3. The second-order valence-electron chi connectivity index (χ2n) is 14.2.